The number of anilines is 1. The standard InChI is InChI=1S/C25H25N3O5/c1-3-18-8-10-20(11-9-18)32-17-28-15-19(14-26-28)27-25(29)24-13-12-21(33-24)16-31-23-7-5-4-6-22(23)30-2/h4-15H,3,16-17H2,1-2H3,(H,27,29). The average Bonchev–Trinajstić information content (AvgIpc) is 3.51. The number of carbonyl (C=O) groups is 1. The molecule has 0 aliphatic heterocycles. The van der Waals surface area contributed by atoms with Crippen LogP contribution >= 0.6 is 0 Å². The van der Waals surface area contributed by atoms with E-state index in [0.29, 0.717) is 22.9 Å². The maximum Gasteiger partial charge on any atom is 0.291 e. The summed E-state index contributed by atoms with van der Waals surface area (Å²) in [5.41, 5.74) is 1.78. The van der Waals surface area contributed by atoms with Crippen molar-refractivity contribution in [2.75, 3.05) is 12.4 Å². The number of methoxy groups -OCH3 is 1. The molecule has 0 saturated heterocycles. The van der Waals surface area contributed by atoms with Crippen LogP contribution in [0.15, 0.2) is 77.5 Å². The summed E-state index contributed by atoms with van der Waals surface area (Å²) in [6, 6.07) is 18.5. The van der Waals surface area contributed by atoms with Crippen LogP contribution in [0.4, 0.5) is 5.69 Å². The summed E-state index contributed by atoms with van der Waals surface area (Å²) in [5, 5.41) is 6.98. The Morgan fingerprint density at radius 2 is 1.82 bits per heavy atom. The minimum Gasteiger partial charge on any atom is -0.493 e. The van der Waals surface area contributed by atoms with Crippen LogP contribution in [-0.4, -0.2) is 22.8 Å². The molecule has 1 N–H and O–H groups in total. The largest absolute Gasteiger partial charge is 0.493 e. The fourth-order valence-electron chi connectivity index (χ4n) is 3.12. The van der Waals surface area contributed by atoms with E-state index in [1.54, 1.807) is 42.4 Å². The number of hydrogen-bond acceptors (Lipinski definition) is 6. The lowest BCUT2D eigenvalue weighted by Gasteiger charge is -2.08. The number of nitrogens with one attached hydrogen (secondary N) is 1. The number of carbonyl (C=O) groups excluding carboxylic acids is 1. The number of aryl methyl sites for hydroxylation is 1. The molecule has 2 heterocycles. The summed E-state index contributed by atoms with van der Waals surface area (Å²) in [6.07, 6.45) is 4.22. The molecule has 4 aromatic rings. The number of rotatable bonds is 10. The molecule has 0 radical (unpaired) electrons. The lowest BCUT2D eigenvalue weighted by molar-refractivity contribution is 0.0992. The van der Waals surface area contributed by atoms with Crippen molar-refractivity contribution in [2.45, 2.75) is 26.7 Å². The molecule has 0 spiro atoms. The van der Waals surface area contributed by atoms with Gasteiger partial charge in [-0.05, 0) is 48.4 Å². The minimum atomic E-state index is -0.380. The fourth-order valence-corrected chi connectivity index (χ4v) is 3.12. The van der Waals surface area contributed by atoms with Crippen LogP contribution in [0.3, 0.4) is 0 Å². The molecule has 2 aromatic heterocycles. The Labute approximate surface area is 191 Å². The highest BCUT2D eigenvalue weighted by molar-refractivity contribution is 6.02. The van der Waals surface area contributed by atoms with Gasteiger partial charge in [0, 0.05) is 0 Å². The van der Waals surface area contributed by atoms with Crippen molar-refractivity contribution < 1.29 is 23.4 Å². The SMILES string of the molecule is CCc1ccc(OCn2cc(NC(=O)c3ccc(COc4ccccc4OC)o3)cn2)cc1. The molecule has 2 aromatic carbocycles. The number of nitrogens with zero attached hydrogens (tertiary/aromatic N) is 2. The van der Waals surface area contributed by atoms with Gasteiger partial charge in [0.05, 0.1) is 25.2 Å². The van der Waals surface area contributed by atoms with E-state index in [-0.39, 0.29) is 25.0 Å². The number of benzene rings is 2. The summed E-state index contributed by atoms with van der Waals surface area (Å²) in [6.45, 7) is 2.50. The highest BCUT2D eigenvalue weighted by atomic mass is 16.5. The maximum absolute atomic E-state index is 12.5. The van der Waals surface area contributed by atoms with E-state index in [1.807, 2.05) is 42.5 Å². The first-order valence-corrected chi connectivity index (χ1v) is 10.5. The molecule has 0 saturated carbocycles. The summed E-state index contributed by atoms with van der Waals surface area (Å²) >= 11 is 0. The first kappa shape index (κ1) is 22.0. The van der Waals surface area contributed by atoms with Gasteiger partial charge < -0.3 is 23.9 Å². The number of amides is 1. The number of aromatic nitrogens is 2. The predicted octanol–water partition coefficient (Wildman–Crippen LogP) is 4.91. The van der Waals surface area contributed by atoms with Gasteiger partial charge in [0.15, 0.2) is 24.0 Å². The molecule has 0 aliphatic carbocycles. The van der Waals surface area contributed by atoms with E-state index in [1.165, 1.54) is 5.56 Å². The first-order valence-electron chi connectivity index (χ1n) is 10.5. The first-order chi connectivity index (χ1) is 16.1. The number of furan rings is 1. The molecule has 0 fully saturated rings. The Morgan fingerprint density at radius 3 is 2.58 bits per heavy atom. The molecule has 1 amide bonds. The van der Waals surface area contributed by atoms with Crippen LogP contribution in [-0.2, 0) is 19.8 Å². The summed E-state index contributed by atoms with van der Waals surface area (Å²) < 4.78 is 23.9. The zero-order valence-corrected chi connectivity index (χ0v) is 18.5. The van der Waals surface area contributed by atoms with E-state index >= 15 is 0 Å². The zero-order valence-electron chi connectivity index (χ0n) is 18.5. The molecule has 0 unspecified atom stereocenters. The molecule has 33 heavy (non-hydrogen) atoms. The van der Waals surface area contributed by atoms with Crippen LogP contribution in [0.25, 0.3) is 0 Å². The van der Waals surface area contributed by atoms with Gasteiger partial charge in [-0.1, -0.05) is 31.2 Å². The van der Waals surface area contributed by atoms with E-state index < -0.39 is 0 Å². The van der Waals surface area contributed by atoms with Crippen molar-refractivity contribution in [3.63, 3.8) is 0 Å². The molecule has 8 nitrogen and oxygen atoms in total. The fraction of sp³-hybridized carbons (Fsp3) is 0.200. The molecule has 0 aliphatic rings. The number of ether oxygens (including phenoxy) is 3. The monoisotopic (exact) mass is 447 g/mol. The molecular weight excluding hydrogens is 422 g/mol. The summed E-state index contributed by atoms with van der Waals surface area (Å²) in [5.74, 6) is 2.29. The van der Waals surface area contributed by atoms with Crippen molar-refractivity contribution in [1.82, 2.24) is 9.78 Å². The van der Waals surface area contributed by atoms with Gasteiger partial charge in [0.1, 0.15) is 18.1 Å². The lowest BCUT2D eigenvalue weighted by atomic mass is 10.2. The predicted molar refractivity (Wildman–Crippen MR) is 123 cm³/mol. The van der Waals surface area contributed by atoms with Crippen LogP contribution in [0.1, 0.15) is 28.8 Å². The zero-order chi connectivity index (χ0) is 23.0. The Morgan fingerprint density at radius 1 is 1.03 bits per heavy atom. The third-order valence-electron chi connectivity index (χ3n) is 4.91. The Hall–Kier alpha value is -4.20. The van der Waals surface area contributed by atoms with Crippen molar-refractivity contribution in [3.05, 3.63) is 90.1 Å². The lowest BCUT2D eigenvalue weighted by Crippen LogP contribution is -2.10. The highest BCUT2D eigenvalue weighted by Crippen LogP contribution is 2.27. The van der Waals surface area contributed by atoms with Gasteiger partial charge in [0.25, 0.3) is 5.91 Å². The van der Waals surface area contributed by atoms with Gasteiger partial charge in [-0.15, -0.1) is 0 Å². The van der Waals surface area contributed by atoms with E-state index in [0.717, 1.165) is 12.2 Å². The van der Waals surface area contributed by atoms with Crippen molar-refractivity contribution in [1.29, 1.82) is 0 Å². The van der Waals surface area contributed by atoms with Gasteiger partial charge in [-0.3, -0.25) is 4.79 Å². The van der Waals surface area contributed by atoms with Crippen LogP contribution in [0, 0.1) is 0 Å². The van der Waals surface area contributed by atoms with Crippen LogP contribution < -0.4 is 19.5 Å². The van der Waals surface area contributed by atoms with E-state index in [4.69, 9.17) is 18.6 Å². The third-order valence-corrected chi connectivity index (χ3v) is 4.91. The Balaban J connectivity index is 1.29. The van der Waals surface area contributed by atoms with Crippen LogP contribution in [0.5, 0.6) is 17.2 Å². The second-order valence-electron chi connectivity index (χ2n) is 7.20. The quantitative estimate of drug-likeness (QED) is 0.371. The van der Waals surface area contributed by atoms with E-state index in [2.05, 4.69) is 17.3 Å². The third kappa shape index (κ3) is 5.74. The van der Waals surface area contributed by atoms with Crippen molar-refractivity contribution in [3.8, 4) is 17.2 Å². The smallest absolute Gasteiger partial charge is 0.291 e. The molecule has 0 bridgehead atoms. The van der Waals surface area contributed by atoms with Gasteiger partial charge >= 0.3 is 0 Å². The van der Waals surface area contributed by atoms with Crippen molar-refractivity contribution >= 4 is 11.6 Å². The Kier molecular flexibility index (Phi) is 6.94. The maximum atomic E-state index is 12.5. The normalized spacial score (nSPS) is 10.6. The topological polar surface area (TPSA) is 87.8 Å². The van der Waals surface area contributed by atoms with Crippen LogP contribution in [0.2, 0.25) is 0 Å². The molecule has 0 atom stereocenters. The summed E-state index contributed by atoms with van der Waals surface area (Å²) in [7, 11) is 1.58. The second kappa shape index (κ2) is 10.4. The average molecular weight is 447 g/mol. The molecule has 170 valence electrons. The summed E-state index contributed by atoms with van der Waals surface area (Å²) in [4.78, 5) is 12.5. The number of hydrogen-bond donors (Lipinski definition) is 1. The van der Waals surface area contributed by atoms with Gasteiger partial charge in [-0.25, -0.2) is 4.68 Å². The molecule has 8 heteroatoms. The van der Waals surface area contributed by atoms with Crippen molar-refractivity contribution in [2.24, 2.45) is 0 Å². The number of para-hydroxylation sites is 2. The molecule has 4 rings (SSSR count). The molecular formula is C25H25N3O5. The minimum absolute atomic E-state index is 0.169. The van der Waals surface area contributed by atoms with Gasteiger partial charge in [-0.2, -0.15) is 5.10 Å². The highest BCUT2D eigenvalue weighted by Gasteiger charge is 2.13. The Bertz CT molecular complexity index is 1200. The van der Waals surface area contributed by atoms with E-state index in [9.17, 15) is 4.79 Å². The second-order valence-corrected chi connectivity index (χ2v) is 7.20. The van der Waals surface area contributed by atoms with Gasteiger partial charge in [0.2, 0.25) is 0 Å².